The molecule has 0 saturated heterocycles. The van der Waals surface area contributed by atoms with Gasteiger partial charge in [0.2, 0.25) is 11.8 Å². The quantitative estimate of drug-likeness (QED) is 0.309. The number of amides is 2. The van der Waals surface area contributed by atoms with Crippen LogP contribution < -0.4 is 9.62 Å². The van der Waals surface area contributed by atoms with E-state index in [2.05, 4.69) is 5.32 Å². The Kier molecular flexibility index (Phi) is 10.4. The van der Waals surface area contributed by atoms with E-state index in [9.17, 15) is 18.0 Å². The Balaban J connectivity index is 2.08. The number of carbonyl (C=O) groups excluding carboxylic acids is 2. The molecule has 0 saturated carbocycles. The summed E-state index contributed by atoms with van der Waals surface area (Å²) < 4.78 is 29.2. The molecule has 3 rings (SSSR count). The van der Waals surface area contributed by atoms with Crippen molar-refractivity contribution in [2.75, 3.05) is 10.8 Å². The van der Waals surface area contributed by atoms with Crippen LogP contribution in [0.25, 0.3) is 0 Å². The van der Waals surface area contributed by atoms with Crippen molar-refractivity contribution in [1.29, 1.82) is 0 Å². The molecule has 2 amide bonds. The maximum Gasteiger partial charge on any atom is 0.264 e. The van der Waals surface area contributed by atoms with E-state index in [0.29, 0.717) is 16.3 Å². The van der Waals surface area contributed by atoms with Crippen LogP contribution in [0.4, 0.5) is 5.69 Å². The van der Waals surface area contributed by atoms with Crippen molar-refractivity contribution < 1.29 is 18.0 Å². The molecular formula is C31H38ClN3O4S. The van der Waals surface area contributed by atoms with Crippen LogP contribution >= 0.6 is 11.6 Å². The molecule has 214 valence electrons. The molecule has 7 nitrogen and oxygen atoms in total. The van der Waals surface area contributed by atoms with Gasteiger partial charge in [0.15, 0.2) is 0 Å². The molecule has 40 heavy (non-hydrogen) atoms. The molecule has 0 unspecified atom stereocenters. The summed E-state index contributed by atoms with van der Waals surface area (Å²) in [5.74, 6) is -0.849. The lowest BCUT2D eigenvalue weighted by atomic mass is 10.1. The number of hydrogen-bond acceptors (Lipinski definition) is 4. The first kappa shape index (κ1) is 31.2. The summed E-state index contributed by atoms with van der Waals surface area (Å²) in [5, 5.41) is 3.38. The van der Waals surface area contributed by atoms with Crippen molar-refractivity contribution >= 4 is 39.1 Å². The lowest BCUT2D eigenvalue weighted by molar-refractivity contribution is -0.139. The van der Waals surface area contributed by atoms with Crippen LogP contribution in [0, 0.1) is 20.8 Å². The van der Waals surface area contributed by atoms with Gasteiger partial charge in [0.05, 0.1) is 10.6 Å². The molecule has 2 atom stereocenters. The molecule has 0 aliphatic heterocycles. The van der Waals surface area contributed by atoms with Crippen molar-refractivity contribution in [2.24, 2.45) is 0 Å². The average Bonchev–Trinajstić information content (AvgIpc) is 2.92. The number of carbonyl (C=O) groups is 2. The van der Waals surface area contributed by atoms with Gasteiger partial charge < -0.3 is 10.2 Å². The lowest BCUT2D eigenvalue weighted by Crippen LogP contribution is -2.52. The molecule has 0 aromatic heterocycles. The predicted molar refractivity (Wildman–Crippen MR) is 161 cm³/mol. The van der Waals surface area contributed by atoms with Gasteiger partial charge in [0.25, 0.3) is 10.0 Å². The standard InChI is InChI=1S/C31H38ClN3O4S/c1-7-23(4)33-31(37)25(6)34(19-26-12-8-9-13-28(26)32)30(36)20-35(29-14-10-11-22(3)24(29)5)40(38,39)27-17-15-21(2)16-18-27/h8-18,23,25H,7,19-20H2,1-6H3,(H,33,37)/t23-,25+/m1/s1. The highest BCUT2D eigenvalue weighted by Gasteiger charge is 2.33. The molecule has 0 spiro atoms. The van der Waals surface area contributed by atoms with Gasteiger partial charge in [-0.1, -0.05) is 66.6 Å². The predicted octanol–water partition coefficient (Wildman–Crippen LogP) is 5.79. The Hall–Kier alpha value is -3.36. The van der Waals surface area contributed by atoms with E-state index in [1.807, 2.05) is 40.7 Å². The molecule has 0 fully saturated rings. The van der Waals surface area contributed by atoms with Crippen LogP contribution in [0.2, 0.25) is 5.02 Å². The lowest BCUT2D eigenvalue weighted by Gasteiger charge is -2.33. The van der Waals surface area contributed by atoms with E-state index < -0.39 is 28.5 Å². The fourth-order valence-electron chi connectivity index (χ4n) is 4.21. The number of nitrogens with one attached hydrogen (secondary N) is 1. The number of sulfonamides is 1. The van der Waals surface area contributed by atoms with E-state index in [4.69, 9.17) is 11.6 Å². The molecule has 3 aromatic rings. The second kappa shape index (κ2) is 13.3. The number of anilines is 1. The van der Waals surface area contributed by atoms with Gasteiger partial charge in [-0.25, -0.2) is 8.42 Å². The summed E-state index contributed by atoms with van der Waals surface area (Å²) in [4.78, 5) is 28.7. The number of hydrogen-bond donors (Lipinski definition) is 1. The minimum Gasteiger partial charge on any atom is -0.352 e. The molecule has 3 aromatic carbocycles. The van der Waals surface area contributed by atoms with Gasteiger partial charge >= 0.3 is 0 Å². The topological polar surface area (TPSA) is 86.8 Å². The van der Waals surface area contributed by atoms with E-state index >= 15 is 0 Å². The maximum absolute atomic E-state index is 14.1. The molecule has 9 heteroatoms. The van der Waals surface area contributed by atoms with Gasteiger partial charge in [0, 0.05) is 17.6 Å². The monoisotopic (exact) mass is 583 g/mol. The number of aryl methyl sites for hydroxylation is 2. The number of rotatable bonds is 11. The first-order valence-corrected chi connectivity index (χ1v) is 15.2. The van der Waals surface area contributed by atoms with E-state index in [-0.39, 0.29) is 23.4 Å². The Morgan fingerprint density at radius 2 is 1.57 bits per heavy atom. The van der Waals surface area contributed by atoms with Crippen molar-refractivity contribution in [1.82, 2.24) is 10.2 Å². The smallest absolute Gasteiger partial charge is 0.264 e. The summed E-state index contributed by atoms with van der Waals surface area (Å²) >= 11 is 6.42. The molecular weight excluding hydrogens is 546 g/mol. The number of benzene rings is 3. The van der Waals surface area contributed by atoms with Crippen LogP contribution in [0.3, 0.4) is 0 Å². The minimum absolute atomic E-state index is 0.0405. The maximum atomic E-state index is 14.1. The number of nitrogens with zero attached hydrogens (tertiary/aromatic N) is 2. The minimum atomic E-state index is -4.13. The Labute approximate surface area is 243 Å². The summed E-state index contributed by atoms with van der Waals surface area (Å²) in [7, 11) is -4.13. The van der Waals surface area contributed by atoms with E-state index in [1.54, 1.807) is 55.5 Å². The van der Waals surface area contributed by atoms with Gasteiger partial charge in [0.1, 0.15) is 12.6 Å². The van der Waals surface area contributed by atoms with Crippen molar-refractivity contribution in [2.45, 2.75) is 71.5 Å². The highest BCUT2D eigenvalue weighted by Crippen LogP contribution is 2.29. The third-order valence-corrected chi connectivity index (χ3v) is 9.34. The summed E-state index contributed by atoms with van der Waals surface area (Å²) in [5.41, 5.74) is 3.61. The zero-order valence-corrected chi connectivity index (χ0v) is 25.5. The van der Waals surface area contributed by atoms with Crippen molar-refractivity contribution in [3.05, 3.63) is 94.0 Å². The normalized spacial score (nSPS) is 12.9. The molecule has 0 radical (unpaired) electrons. The van der Waals surface area contributed by atoms with Gasteiger partial charge in [-0.2, -0.15) is 0 Å². The molecule has 0 bridgehead atoms. The summed E-state index contributed by atoms with van der Waals surface area (Å²) in [6.07, 6.45) is 0.728. The molecule has 0 aliphatic rings. The van der Waals surface area contributed by atoms with Gasteiger partial charge in [-0.3, -0.25) is 13.9 Å². The van der Waals surface area contributed by atoms with E-state index in [0.717, 1.165) is 27.4 Å². The number of halogens is 1. The third-order valence-electron chi connectivity index (χ3n) is 7.20. The SMILES string of the molecule is CC[C@@H](C)NC(=O)[C@H](C)N(Cc1ccccc1Cl)C(=O)CN(c1cccc(C)c1C)S(=O)(=O)c1ccc(C)cc1. The van der Waals surface area contributed by atoms with Crippen molar-refractivity contribution in [3.8, 4) is 0 Å². The molecule has 1 N–H and O–H groups in total. The van der Waals surface area contributed by atoms with Crippen LogP contribution in [-0.4, -0.2) is 43.8 Å². The van der Waals surface area contributed by atoms with Gasteiger partial charge in [-0.15, -0.1) is 0 Å². The first-order valence-electron chi connectivity index (χ1n) is 13.4. The zero-order valence-electron chi connectivity index (χ0n) is 23.9. The third kappa shape index (κ3) is 7.23. The average molecular weight is 584 g/mol. The summed E-state index contributed by atoms with van der Waals surface area (Å²) in [6.45, 7) is 10.6. The van der Waals surface area contributed by atoms with Crippen LogP contribution in [-0.2, 0) is 26.2 Å². The fourth-order valence-corrected chi connectivity index (χ4v) is 5.88. The second-order valence-electron chi connectivity index (χ2n) is 10.2. The zero-order chi connectivity index (χ0) is 29.6. The Bertz CT molecular complexity index is 1460. The fraction of sp³-hybridized carbons (Fsp3) is 0.355. The van der Waals surface area contributed by atoms with Crippen LogP contribution in [0.1, 0.15) is 49.4 Å². The largest absolute Gasteiger partial charge is 0.352 e. The van der Waals surface area contributed by atoms with Crippen LogP contribution in [0.5, 0.6) is 0 Å². The Morgan fingerprint density at radius 1 is 0.925 bits per heavy atom. The van der Waals surface area contributed by atoms with Crippen molar-refractivity contribution in [3.63, 3.8) is 0 Å². The highest BCUT2D eigenvalue weighted by molar-refractivity contribution is 7.92. The van der Waals surface area contributed by atoms with Crippen LogP contribution in [0.15, 0.2) is 71.6 Å². The molecule has 0 aliphatic carbocycles. The Morgan fingerprint density at radius 3 is 2.20 bits per heavy atom. The molecule has 0 heterocycles. The summed E-state index contributed by atoms with van der Waals surface area (Å²) in [6, 6.07) is 18.0. The second-order valence-corrected chi connectivity index (χ2v) is 12.4. The highest BCUT2D eigenvalue weighted by atomic mass is 35.5. The van der Waals surface area contributed by atoms with Gasteiger partial charge in [-0.05, 0) is 82.0 Å². The first-order chi connectivity index (χ1) is 18.9. The van der Waals surface area contributed by atoms with E-state index in [1.165, 1.54) is 17.0 Å².